The summed E-state index contributed by atoms with van der Waals surface area (Å²) in [6.07, 6.45) is 8.02. The van der Waals surface area contributed by atoms with Crippen LogP contribution in [0.15, 0.2) is 175 Å². The van der Waals surface area contributed by atoms with Crippen molar-refractivity contribution >= 4 is 46.9 Å². The summed E-state index contributed by atoms with van der Waals surface area (Å²) in [4.78, 5) is 25.9. The first-order valence-corrected chi connectivity index (χ1v) is 29.3. The van der Waals surface area contributed by atoms with Gasteiger partial charge in [0.25, 0.3) is 0 Å². The van der Waals surface area contributed by atoms with Crippen LogP contribution in [0.25, 0.3) is 68.7 Å². The number of aromatic nitrogens is 15. The van der Waals surface area contributed by atoms with E-state index >= 15 is 0 Å². The zero-order chi connectivity index (χ0) is 60.7. The van der Waals surface area contributed by atoms with Crippen LogP contribution >= 0.6 is 46.9 Å². The van der Waals surface area contributed by atoms with Crippen LogP contribution in [0.2, 0.25) is 5.15 Å². The van der Waals surface area contributed by atoms with E-state index in [1.54, 1.807) is 111 Å². The van der Waals surface area contributed by atoms with E-state index in [0.717, 1.165) is 29.1 Å². The molecule has 12 aromatic rings. The Balaban J connectivity index is 0.000000145. The number of halogens is 6. The van der Waals surface area contributed by atoms with Gasteiger partial charge in [-0.3, -0.25) is 14.0 Å². The minimum absolute atomic E-state index is 0.0156. The molecule has 30 heteroatoms. The second kappa shape index (κ2) is 29.4. The molecule has 444 valence electrons. The minimum atomic E-state index is -0.724. The standard InChI is InChI=1S/C21H20FN5O3S2.C19H15F2N5O2S.C17H10ClF2N5O/c22-15-4-2-1-3-14(15)13-27-18(16-5-8-30-26-16)11-17(25-27)20-23-12-19(31-9-6-28)21(24-20)32-10-7-29;20-13-4-2-1-3-12(13)11-26-17(15-5-7-28-25-15)9-16(24-26)18-22-10-14(21)19(23-18)29-8-6-27;18-16-12(20)8-21-17(22-16)14-7-15(13-5-6-26-24-13)25(23-14)9-10-3-1-2-4-11(10)19/h1-5,8,11-12,28-29H,6-7,9-10,13H2;1-5,7,9-10,27H,6,8,11H2;1-8H,9H2. The predicted octanol–water partition coefficient (Wildman–Crippen LogP) is 10.7. The molecule has 9 aromatic heterocycles. The van der Waals surface area contributed by atoms with Crippen molar-refractivity contribution in [3.05, 3.63) is 198 Å². The van der Waals surface area contributed by atoms with E-state index in [0.29, 0.717) is 96.0 Å². The third-order valence-corrected chi connectivity index (χ3v) is 15.4. The number of nitrogens with zero attached hydrogens (tertiary/aromatic N) is 15. The fourth-order valence-corrected chi connectivity index (χ4v) is 10.5. The Kier molecular flexibility index (Phi) is 20.7. The molecule has 0 saturated heterocycles. The summed E-state index contributed by atoms with van der Waals surface area (Å²) in [5.74, 6) is -0.258. The molecular weight excluding hydrogens is 1220 g/mol. The summed E-state index contributed by atoms with van der Waals surface area (Å²) in [5, 5.41) is 53.2. The molecule has 0 aliphatic carbocycles. The molecule has 0 amide bonds. The van der Waals surface area contributed by atoms with Gasteiger partial charge >= 0.3 is 0 Å². The van der Waals surface area contributed by atoms with Crippen LogP contribution in [0.4, 0.5) is 22.0 Å². The van der Waals surface area contributed by atoms with E-state index in [9.17, 15) is 27.1 Å². The monoisotopic (exact) mass is 1260 g/mol. The van der Waals surface area contributed by atoms with Crippen molar-refractivity contribution in [2.24, 2.45) is 0 Å². The molecule has 0 atom stereocenters. The molecule has 0 aliphatic heterocycles. The largest absolute Gasteiger partial charge is 0.396 e. The summed E-state index contributed by atoms with van der Waals surface area (Å²) >= 11 is 9.65. The average Bonchev–Trinajstić information content (AvgIpc) is 4.26. The molecule has 0 aliphatic rings. The number of benzene rings is 3. The molecule has 12 rings (SSSR count). The predicted molar refractivity (Wildman–Crippen MR) is 311 cm³/mol. The van der Waals surface area contributed by atoms with Crippen LogP contribution < -0.4 is 0 Å². The Morgan fingerprint density at radius 3 is 1.17 bits per heavy atom. The summed E-state index contributed by atoms with van der Waals surface area (Å²) < 4.78 is 89.2. The normalized spacial score (nSPS) is 11.1. The molecule has 21 nitrogen and oxygen atoms in total. The van der Waals surface area contributed by atoms with Gasteiger partial charge in [0, 0.05) is 58.3 Å². The first-order chi connectivity index (χ1) is 42.5. The van der Waals surface area contributed by atoms with E-state index in [1.807, 2.05) is 0 Å². The van der Waals surface area contributed by atoms with Gasteiger partial charge in [0.2, 0.25) is 0 Å². The van der Waals surface area contributed by atoms with Crippen molar-refractivity contribution in [1.82, 2.24) is 74.7 Å². The van der Waals surface area contributed by atoms with Crippen molar-refractivity contribution in [3.8, 4) is 68.7 Å². The fourth-order valence-electron chi connectivity index (χ4n) is 8.12. The van der Waals surface area contributed by atoms with E-state index in [-0.39, 0.29) is 78.7 Å². The number of hydrogen-bond acceptors (Lipinski definition) is 21. The van der Waals surface area contributed by atoms with Crippen LogP contribution in [0, 0.1) is 29.1 Å². The highest BCUT2D eigenvalue weighted by molar-refractivity contribution is 8.02. The first-order valence-electron chi connectivity index (χ1n) is 25.9. The van der Waals surface area contributed by atoms with Gasteiger partial charge in [-0.15, -0.1) is 35.3 Å². The Morgan fingerprint density at radius 2 is 0.782 bits per heavy atom. The number of hydrogen-bond donors (Lipinski definition) is 3. The van der Waals surface area contributed by atoms with Gasteiger partial charge in [0.1, 0.15) is 80.5 Å². The molecule has 3 N–H and O–H groups in total. The molecule has 0 radical (unpaired) electrons. The first kappa shape index (κ1) is 61.1. The van der Waals surface area contributed by atoms with Crippen LogP contribution in [0.1, 0.15) is 16.7 Å². The van der Waals surface area contributed by atoms with Crippen molar-refractivity contribution in [3.63, 3.8) is 0 Å². The fraction of sp³-hybridized carbons (Fsp3) is 0.158. The molecule has 0 bridgehead atoms. The van der Waals surface area contributed by atoms with E-state index in [2.05, 4.69) is 60.7 Å². The maximum Gasteiger partial charge on any atom is 0.181 e. The van der Waals surface area contributed by atoms with Crippen LogP contribution in [0.3, 0.4) is 0 Å². The lowest BCUT2D eigenvalue weighted by atomic mass is 10.2. The lowest BCUT2D eigenvalue weighted by molar-refractivity contribution is 0.322. The highest BCUT2D eigenvalue weighted by Gasteiger charge is 2.22. The average molecular weight is 1260 g/mol. The Hall–Kier alpha value is -8.97. The van der Waals surface area contributed by atoms with Gasteiger partial charge in [-0.05, 0) is 36.4 Å². The summed E-state index contributed by atoms with van der Waals surface area (Å²) in [6, 6.07) is 29.5. The molecule has 0 saturated carbocycles. The smallest absolute Gasteiger partial charge is 0.181 e. The van der Waals surface area contributed by atoms with Crippen molar-refractivity contribution in [1.29, 1.82) is 0 Å². The van der Waals surface area contributed by atoms with Gasteiger partial charge in [-0.2, -0.15) is 15.3 Å². The van der Waals surface area contributed by atoms with Crippen molar-refractivity contribution in [2.75, 3.05) is 37.1 Å². The highest BCUT2D eigenvalue weighted by atomic mass is 35.5. The topological polar surface area (TPSA) is 270 Å². The summed E-state index contributed by atoms with van der Waals surface area (Å²) in [6.45, 7) is 0.466. The van der Waals surface area contributed by atoms with Gasteiger partial charge in [-0.1, -0.05) is 81.7 Å². The molecule has 0 spiro atoms. The lowest BCUT2D eigenvalue weighted by Gasteiger charge is -2.08. The van der Waals surface area contributed by atoms with E-state index in [1.165, 1.54) is 60.5 Å². The molecule has 0 fully saturated rings. The quantitative estimate of drug-likeness (QED) is 0.0343. The maximum atomic E-state index is 14.3. The molecule has 9 heterocycles. The van der Waals surface area contributed by atoms with Gasteiger partial charge in [-0.25, -0.2) is 51.9 Å². The molecular formula is C57H45ClF5N15O6S3. The second-order valence-electron chi connectivity index (χ2n) is 17.9. The van der Waals surface area contributed by atoms with Crippen LogP contribution in [-0.2, 0) is 19.6 Å². The lowest BCUT2D eigenvalue weighted by Crippen LogP contribution is -2.06. The third-order valence-electron chi connectivity index (χ3n) is 12.1. The SMILES string of the molecule is Fc1ccccc1Cn1nc(-c2ncc(F)c(Cl)n2)cc1-c1ccon1.OCCSc1cnc(-c2cc(-c3ccon3)n(Cc3ccccc3F)n2)nc1SCCO.OCCSc1nc(-c2cc(-c3ccon3)n(Cc3ccccc3F)n2)ncc1F. The van der Waals surface area contributed by atoms with Crippen molar-refractivity contribution < 1.29 is 50.8 Å². The van der Waals surface area contributed by atoms with Gasteiger partial charge in [0.15, 0.2) is 34.3 Å². The number of rotatable bonds is 21. The molecule has 3 aromatic carbocycles. The molecule has 87 heavy (non-hydrogen) atoms. The molecule has 0 unspecified atom stereocenters. The van der Waals surface area contributed by atoms with Crippen LogP contribution in [0.5, 0.6) is 0 Å². The third kappa shape index (κ3) is 15.4. The Morgan fingerprint density at radius 1 is 0.414 bits per heavy atom. The summed E-state index contributed by atoms with van der Waals surface area (Å²) in [7, 11) is 0. The van der Waals surface area contributed by atoms with Gasteiger partial charge in [0.05, 0.1) is 73.8 Å². The van der Waals surface area contributed by atoms with E-state index < -0.39 is 11.6 Å². The summed E-state index contributed by atoms with van der Waals surface area (Å²) in [5.41, 5.74) is 5.99. The van der Waals surface area contributed by atoms with Crippen LogP contribution in [-0.4, -0.2) is 127 Å². The van der Waals surface area contributed by atoms with Gasteiger partial charge < -0.3 is 28.9 Å². The zero-order valence-corrected chi connectivity index (χ0v) is 48.2. The van der Waals surface area contributed by atoms with Crippen molar-refractivity contribution in [2.45, 2.75) is 34.6 Å². The Bertz CT molecular complexity index is 4200. The minimum Gasteiger partial charge on any atom is -0.396 e. The number of aliphatic hydroxyl groups excluding tert-OH is 3. The zero-order valence-electron chi connectivity index (χ0n) is 45.0. The highest BCUT2D eigenvalue weighted by Crippen LogP contribution is 2.33. The second-order valence-corrected chi connectivity index (χ2v) is 21.6. The number of thioether (sulfide) groups is 3. The maximum absolute atomic E-state index is 14.3. The van der Waals surface area contributed by atoms with E-state index in [4.69, 9.17) is 35.4 Å². The Labute approximate surface area is 507 Å². The number of aliphatic hydroxyl groups is 3.